The first-order chi connectivity index (χ1) is 12.2. The van der Waals surface area contributed by atoms with Crippen molar-refractivity contribution in [3.8, 4) is 0 Å². The van der Waals surface area contributed by atoms with E-state index in [0.29, 0.717) is 30.8 Å². The van der Waals surface area contributed by atoms with Crippen molar-refractivity contribution in [3.63, 3.8) is 0 Å². The van der Waals surface area contributed by atoms with E-state index in [9.17, 15) is 19.8 Å². The third-order valence-electron chi connectivity index (χ3n) is 4.18. The second-order valence-corrected chi connectivity index (χ2v) is 17.8. The number of likely N-dealkylation sites (N-methyl/N-ethyl adjacent to an activating group) is 1. The summed E-state index contributed by atoms with van der Waals surface area (Å²) in [5.41, 5.74) is 0. The molecule has 0 bridgehead atoms. The van der Waals surface area contributed by atoms with Crippen LogP contribution in [0.5, 0.6) is 0 Å². The number of hydrogen-bond donors (Lipinski definition) is 4. The Balaban J connectivity index is 0. The highest BCUT2D eigenvalue weighted by Crippen LogP contribution is 2.09. The molecule has 172 valence electrons. The molecule has 10 heteroatoms. The van der Waals surface area contributed by atoms with E-state index in [1.165, 1.54) is 0 Å². The molecule has 0 rings (SSSR count). The summed E-state index contributed by atoms with van der Waals surface area (Å²) in [4.78, 5) is 19.6. The van der Waals surface area contributed by atoms with Gasteiger partial charge in [-0.15, -0.1) is 0 Å². The molecule has 0 aromatic heterocycles. The number of nitrogens with zero attached hydrogens (tertiary/aromatic N) is 1. The van der Waals surface area contributed by atoms with Crippen molar-refractivity contribution in [2.75, 3.05) is 53.6 Å². The van der Waals surface area contributed by atoms with Gasteiger partial charge in [-0.2, -0.15) is 0 Å². The van der Waals surface area contributed by atoms with Gasteiger partial charge in [0.1, 0.15) is 25.3 Å². The predicted octanol–water partition coefficient (Wildman–Crippen LogP) is -2.00. The fraction of sp³-hybridized carbons (Fsp3) is 1.00. The minimum atomic E-state index is -2.01. The zero-order valence-corrected chi connectivity index (χ0v) is 21.4. The lowest BCUT2D eigenvalue weighted by Gasteiger charge is -2.33. The van der Waals surface area contributed by atoms with Crippen LogP contribution in [0.2, 0.25) is 38.3 Å². The number of ether oxygens (including phenoxy) is 2. The number of aliphatic hydroxyl groups is 2. The van der Waals surface area contributed by atoms with Crippen LogP contribution in [0.15, 0.2) is 0 Å². The largest absolute Gasteiger partial charge is 1.00 e. The Morgan fingerprint density at radius 1 is 0.750 bits per heavy atom. The fourth-order valence-corrected chi connectivity index (χ4v) is 4.99. The molecular weight excluding hydrogens is 418 g/mol. The van der Waals surface area contributed by atoms with Gasteiger partial charge in [-0.1, -0.05) is 0 Å². The third kappa shape index (κ3) is 21.2. The standard InChI is InChI=1S/C18H44NO6Si2.ClH/c1-19(2,13-17(20)15-24-9-7-11-26(3,4)22)14-18(21)16-25-10-8-12-27(5,6)23;/h17-18,20-23H,7-16H2,1-6H3;1H/q+1;/p-1. The van der Waals surface area contributed by atoms with Gasteiger partial charge in [0.2, 0.25) is 0 Å². The van der Waals surface area contributed by atoms with E-state index >= 15 is 0 Å². The first kappa shape index (κ1) is 30.6. The second kappa shape index (κ2) is 14.4. The molecule has 28 heavy (non-hydrogen) atoms. The van der Waals surface area contributed by atoms with Gasteiger partial charge >= 0.3 is 0 Å². The topological polar surface area (TPSA) is 99.4 Å². The molecule has 2 unspecified atom stereocenters. The summed E-state index contributed by atoms with van der Waals surface area (Å²) in [6.07, 6.45) is 0.438. The monoisotopic (exact) mass is 461 g/mol. The van der Waals surface area contributed by atoms with E-state index in [0.717, 1.165) is 24.9 Å². The molecular formula is C18H44ClNO6Si2. The van der Waals surface area contributed by atoms with E-state index in [4.69, 9.17) is 9.47 Å². The quantitative estimate of drug-likeness (QED) is 0.120. The predicted molar refractivity (Wildman–Crippen MR) is 114 cm³/mol. The molecule has 0 aromatic carbocycles. The molecule has 0 aliphatic rings. The van der Waals surface area contributed by atoms with Gasteiger partial charge in [0.05, 0.1) is 27.3 Å². The maximum Gasteiger partial charge on any atom is 0.182 e. The van der Waals surface area contributed by atoms with Crippen LogP contribution in [0, 0.1) is 0 Å². The first-order valence-electron chi connectivity index (χ1n) is 9.99. The first-order valence-corrected chi connectivity index (χ1v) is 16.3. The van der Waals surface area contributed by atoms with E-state index in [2.05, 4.69) is 0 Å². The minimum Gasteiger partial charge on any atom is -1.00 e. The van der Waals surface area contributed by atoms with Crippen molar-refractivity contribution in [1.29, 1.82) is 0 Å². The highest BCUT2D eigenvalue weighted by molar-refractivity contribution is 6.70. The minimum absolute atomic E-state index is 0. The smallest absolute Gasteiger partial charge is 0.182 e. The van der Waals surface area contributed by atoms with Crippen LogP contribution >= 0.6 is 0 Å². The highest BCUT2D eigenvalue weighted by Gasteiger charge is 2.25. The molecule has 7 nitrogen and oxygen atoms in total. The van der Waals surface area contributed by atoms with Gasteiger partial charge in [0.15, 0.2) is 16.6 Å². The number of aliphatic hydroxyl groups excluding tert-OH is 2. The zero-order chi connectivity index (χ0) is 21.1. The summed E-state index contributed by atoms with van der Waals surface area (Å²) in [6.45, 7) is 10.2. The van der Waals surface area contributed by atoms with Crippen molar-refractivity contribution in [2.45, 2.75) is 63.3 Å². The summed E-state index contributed by atoms with van der Waals surface area (Å²) in [5, 5.41) is 20.3. The van der Waals surface area contributed by atoms with Crippen molar-refractivity contribution >= 4 is 16.6 Å². The number of rotatable bonds is 16. The molecule has 4 N–H and O–H groups in total. The third-order valence-corrected chi connectivity index (χ3v) is 7.34. The van der Waals surface area contributed by atoms with Crippen LogP contribution in [0.25, 0.3) is 0 Å². The maximum absolute atomic E-state index is 10.2. The average Bonchev–Trinajstić information content (AvgIpc) is 2.42. The molecule has 0 heterocycles. The van der Waals surface area contributed by atoms with E-state index in [1.807, 2.05) is 40.3 Å². The summed E-state index contributed by atoms with van der Waals surface area (Å²) in [5.74, 6) is 0. The van der Waals surface area contributed by atoms with Gasteiger partial charge in [0.25, 0.3) is 0 Å². The molecule has 0 fully saturated rings. The lowest BCUT2D eigenvalue weighted by Crippen LogP contribution is -3.00. The Morgan fingerprint density at radius 2 is 1.07 bits per heavy atom. The van der Waals surface area contributed by atoms with Gasteiger partial charge in [-0.3, -0.25) is 0 Å². The average molecular weight is 462 g/mol. The highest BCUT2D eigenvalue weighted by atomic mass is 35.5. The van der Waals surface area contributed by atoms with Crippen LogP contribution in [-0.2, 0) is 9.47 Å². The molecule has 0 aromatic rings. The lowest BCUT2D eigenvalue weighted by molar-refractivity contribution is -0.896. The maximum atomic E-state index is 10.2. The Hall–Kier alpha value is 0.444. The Bertz CT molecular complexity index is 357. The van der Waals surface area contributed by atoms with Gasteiger partial charge in [0, 0.05) is 13.2 Å². The lowest BCUT2D eigenvalue weighted by atomic mass is 10.2. The molecule has 0 saturated carbocycles. The van der Waals surface area contributed by atoms with Crippen molar-refractivity contribution in [1.82, 2.24) is 0 Å². The molecule has 0 amide bonds. The Labute approximate surface area is 179 Å². The van der Waals surface area contributed by atoms with E-state index in [1.54, 1.807) is 0 Å². The molecule has 0 spiro atoms. The fourth-order valence-electron chi connectivity index (χ4n) is 2.97. The number of halogens is 1. The SMILES string of the molecule is C[N+](C)(CC(O)COCCC[Si](C)(C)O)CC(O)COCCC[Si](C)(C)O.[Cl-]. The molecule has 0 aliphatic carbocycles. The van der Waals surface area contributed by atoms with Crippen LogP contribution in [-0.4, -0.2) is 107 Å². The Kier molecular flexibility index (Phi) is 15.8. The summed E-state index contributed by atoms with van der Waals surface area (Å²) < 4.78 is 11.5. The van der Waals surface area contributed by atoms with E-state index < -0.39 is 28.8 Å². The van der Waals surface area contributed by atoms with Crippen LogP contribution in [0.1, 0.15) is 12.8 Å². The normalized spacial score (nSPS) is 15.2. The van der Waals surface area contributed by atoms with E-state index in [-0.39, 0.29) is 25.6 Å². The van der Waals surface area contributed by atoms with Gasteiger partial charge in [-0.05, 0) is 51.1 Å². The molecule has 0 radical (unpaired) electrons. The number of quaternary nitrogens is 1. The van der Waals surface area contributed by atoms with Crippen LogP contribution in [0.3, 0.4) is 0 Å². The van der Waals surface area contributed by atoms with Crippen molar-refractivity contribution in [3.05, 3.63) is 0 Å². The molecule has 0 aliphatic heterocycles. The summed E-state index contributed by atoms with van der Waals surface area (Å²) in [6, 6.07) is 1.60. The molecule has 2 atom stereocenters. The second-order valence-electron chi connectivity index (χ2n) is 9.59. The van der Waals surface area contributed by atoms with Crippen molar-refractivity contribution < 1.29 is 46.2 Å². The van der Waals surface area contributed by atoms with Crippen LogP contribution in [0.4, 0.5) is 0 Å². The molecule has 0 saturated heterocycles. The number of hydrogen-bond acceptors (Lipinski definition) is 6. The van der Waals surface area contributed by atoms with Gasteiger partial charge < -0.3 is 46.2 Å². The van der Waals surface area contributed by atoms with Crippen LogP contribution < -0.4 is 12.4 Å². The van der Waals surface area contributed by atoms with Crippen molar-refractivity contribution in [2.24, 2.45) is 0 Å². The van der Waals surface area contributed by atoms with Gasteiger partial charge in [-0.25, -0.2) is 0 Å². The summed E-state index contributed by atoms with van der Waals surface area (Å²) >= 11 is 0. The summed E-state index contributed by atoms with van der Waals surface area (Å²) in [7, 11) is -0.0966. The zero-order valence-electron chi connectivity index (χ0n) is 18.7. The Morgan fingerprint density at radius 3 is 1.36 bits per heavy atom.